The summed E-state index contributed by atoms with van der Waals surface area (Å²) in [6.07, 6.45) is 1.17. The van der Waals surface area contributed by atoms with Crippen LogP contribution in [0.25, 0.3) is 0 Å². The van der Waals surface area contributed by atoms with E-state index < -0.39 is 0 Å². The average Bonchev–Trinajstić information content (AvgIpc) is 2.84. The molecular formula is C16H20INO3. The molecule has 0 spiro atoms. The lowest BCUT2D eigenvalue weighted by molar-refractivity contribution is -0.147. The molecule has 0 bridgehead atoms. The van der Waals surface area contributed by atoms with E-state index in [9.17, 15) is 9.59 Å². The Hall–Kier alpha value is -1.11. The number of halogens is 1. The Morgan fingerprint density at radius 2 is 2.14 bits per heavy atom. The first-order valence-corrected chi connectivity index (χ1v) is 8.31. The second-order valence-electron chi connectivity index (χ2n) is 5.25. The van der Waals surface area contributed by atoms with E-state index >= 15 is 0 Å². The molecule has 21 heavy (non-hydrogen) atoms. The number of aryl methyl sites for hydroxylation is 2. The maximum atomic E-state index is 12.2. The summed E-state index contributed by atoms with van der Waals surface area (Å²) in [5.74, 6) is -0.621. The smallest absolute Gasteiger partial charge is 0.311 e. The Morgan fingerprint density at radius 3 is 2.76 bits per heavy atom. The normalized spacial score (nSPS) is 18.2. The predicted octanol–water partition coefficient (Wildman–Crippen LogP) is 3.08. The van der Waals surface area contributed by atoms with Gasteiger partial charge in [-0.1, -0.05) is 6.92 Å². The number of hydrogen-bond acceptors (Lipinski definition) is 3. The number of benzene rings is 1. The van der Waals surface area contributed by atoms with E-state index in [1.807, 2.05) is 13.0 Å². The fraction of sp³-hybridized carbons (Fsp3) is 0.500. The van der Waals surface area contributed by atoms with Crippen LogP contribution in [0.3, 0.4) is 0 Å². The lowest BCUT2D eigenvalue weighted by Crippen LogP contribution is -2.26. The lowest BCUT2D eigenvalue weighted by atomic mass is 10.1. The number of carbonyl (C=O) groups excluding carboxylic acids is 2. The van der Waals surface area contributed by atoms with Gasteiger partial charge in [-0.25, -0.2) is 0 Å². The fourth-order valence-corrected chi connectivity index (χ4v) is 3.30. The third-order valence-electron chi connectivity index (χ3n) is 3.75. The summed E-state index contributed by atoms with van der Waals surface area (Å²) in [6.45, 7) is 6.71. The summed E-state index contributed by atoms with van der Waals surface area (Å²) >= 11 is 2.34. The molecule has 1 amide bonds. The number of carbonyl (C=O) groups is 2. The summed E-state index contributed by atoms with van der Waals surface area (Å²) in [5.41, 5.74) is 3.29. The van der Waals surface area contributed by atoms with Crippen molar-refractivity contribution in [3.8, 4) is 0 Å². The third kappa shape index (κ3) is 3.39. The lowest BCUT2D eigenvalue weighted by Gasteiger charge is -2.19. The van der Waals surface area contributed by atoms with Crippen molar-refractivity contribution >= 4 is 40.2 Å². The van der Waals surface area contributed by atoms with Crippen LogP contribution in [0.2, 0.25) is 0 Å². The summed E-state index contributed by atoms with van der Waals surface area (Å²) in [6, 6.07) is 4.08. The van der Waals surface area contributed by atoms with E-state index in [0.29, 0.717) is 13.2 Å². The zero-order chi connectivity index (χ0) is 15.6. The number of esters is 1. The van der Waals surface area contributed by atoms with Gasteiger partial charge >= 0.3 is 5.97 Å². The molecule has 0 N–H and O–H groups in total. The van der Waals surface area contributed by atoms with E-state index in [4.69, 9.17) is 4.74 Å². The third-order valence-corrected chi connectivity index (χ3v) is 5.30. The SMILES string of the molecule is CCOC(=O)C1CC(=O)N(c2cc(C)c(I)c(CC)c2)C1. The minimum Gasteiger partial charge on any atom is -0.466 e. The van der Waals surface area contributed by atoms with Crippen molar-refractivity contribution in [1.82, 2.24) is 0 Å². The summed E-state index contributed by atoms with van der Waals surface area (Å²) in [4.78, 5) is 25.7. The number of ether oxygens (including phenoxy) is 1. The van der Waals surface area contributed by atoms with Gasteiger partial charge in [-0.15, -0.1) is 0 Å². The molecule has 2 rings (SSSR count). The maximum absolute atomic E-state index is 12.2. The molecule has 4 nitrogen and oxygen atoms in total. The highest BCUT2D eigenvalue weighted by molar-refractivity contribution is 14.1. The Balaban J connectivity index is 2.25. The van der Waals surface area contributed by atoms with Gasteiger partial charge < -0.3 is 9.64 Å². The van der Waals surface area contributed by atoms with Crippen molar-refractivity contribution in [3.63, 3.8) is 0 Å². The number of nitrogens with zero attached hydrogens (tertiary/aromatic N) is 1. The van der Waals surface area contributed by atoms with E-state index in [0.717, 1.165) is 17.7 Å². The zero-order valence-corrected chi connectivity index (χ0v) is 14.8. The molecule has 0 radical (unpaired) electrons. The molecule has 1 atom stereocenters. The topological polar surface area (TPSA) is 46.6 Å². The van der Waals surface area contributed by atoms with Crippen molar-refractivity contribution in [3.05, 3.63) is 26.8 Å². The summed E-state index contributed by atoms with van der Waals surface area (Å²) in [5, 5.41) is 0. The first-order chi connectivity index (χ1) is 9.97. The van der Waals surface area contributed by atoms with Crippen LogP contribution in [0.1, 0.15) is 31.4 Å². The molecule has 1 unspecified atom stereocenters. The van der Waals surface area contributed by atoms with Gasteiger partial charge in [0, 0.05) is 22.2 Å². The quantitative estimate of drug-likeness (QED) is 0.576. The summed E-state index contributed by atoms with van der Waals surface area (Å²) in [7, 11) is 0. The average molecular weight is 401 g/mol. The van der Waals surface area contributed by atoms with Crippen LogP contribution in [0.5, 0.6) is 0 Å². The van der Waals surface area contributed by atoms with Crippen LogP contribution in [0, 0.1) is 16.4 Å². The molecule has 1 aliphatic heterocycles. The summed E-state index contributed by atoms with van der Waals surface area (Å²) < 4.78 is 6.27. The molecule has 1 aromatic rings. The minimum atomic E-state index is -0.345. The van der Waals surface area contributed by atoms with Gasteiger partial charge in [-0.05, 0) is 66.1 Å². The van der Waals surface area contributed by atoms with Gasteiger partial charge in [-0.2, -0.15) is 0 Å². The van der Waals surface area contributed by atoms with E-state index in [1.54, 1.807) is 11.8 Å². The Bertz CT molecular complexity index is 571. The molecule has 1 fully saturated rings. The van der Waals surface area contributed by atoms with Crippen LogP contribution >= 0.6 is 22.6 Å². The second-order valence-corrected chi connectivity index (χ2v) is 6.33. The molecule has 1 saturated heterocycles. The molecular weight excluding hydrogens is 381 g/mol. The van der Waals surface area contributed by atoms with Crippen LogP contribution in [0.4, 0.5) is 5.69 Å². The minimum absolute atomic E-state index is 0.00397. The molecule has 5 heteroatoms. The number of rotatable bonds is 4. The first-order valence-electron chi connectivity index (χ1n) is 7.23. The monoisotopic (exact) mass is 401 g/mol. The standard InChI is InChI=1S/C16H20INO3/c1-4-11-7-13(6-10(3)15(11)17)18-9-12(8-14(18)19)16(20)21-5-2/h6-7,12H,4-5,8-9H2,1-3H3. The maximum Gasteiger partial charge on any atom is 0.311 e. The van der Waals surface area contributed by atoms with Crippen LogP contribution in [-0.4, -0.2) is 25.0 Å². The zero-order valence-electron chi connectivity index (χ0n) is 12.6. The highest BCUT2D eigenvalue weighted by Crippen LogP contribution is 2.30. The van der Waals surface area contributed by atoms with Crippen molar-refractivity contribution < 1.29 is 14.3 Å². The highest BCUT2D eigenvalue weighted by atomic mass is 127. The van der Waals surface area contributed by atoms with E-state index in [2.05, 4.69) is 35.6 Å². The van der Waals surface area contributed by atoms with Crippen LogP contribution < -0.4 is 4.90 Å². The number of anilines is 1. The van der Waals surface area contributed by atoms with Gasteiger partial charge in [0.2, 0.25) is 5.91 Å². The van der Waals surface area contributed by atoms with Gasteiger partial charge in [-0.3, -0.25) is 9.59 Å². The Labute approximate surface area is 139 Å². The van der Waals surface area contributed by atoms with Crippen molar-refractivity contribution in [1.29, 1.82) is 0 Å². The van der Waals surface area contributed by atoms with Gasteiger partial charge in [0.1, 0.15) is 0 Å². The molecule has 1 aromatic carbocycles. The van der Waals surface area contributed by atoms with E-state index in [-0.39, 0.29) is 24.2 Å². The molecule has 0 aliphatic carbocycles. The highest BCUT2D eigenvalue weighted by Gasteiger charge is 2.36. The molecule has 1 heterocycles. The number of amides is 1. The molecule has 0 saturated carbocycles. The van der Waals surface area contributed by atoms with Gasteiger partial charge in [0.15, 0.2) is 0 Å². The number of hydrogen-bond donors (Lipinski definition) is 0. The van der Waals surface area contributed by atoms with Crippen molar-refractivity contribution in [2.24, 2.45) is 5.92 Å². The second kappa shape index (κ2) is 6.77. The van der Waals surface area contributed by atoms with Crippen LogP contribution in [0.15, 0.2) is 12.1 Å². The molecule has 0 aromatic heterocycles. The molecule has 1 aliphatic rings. The fourth-order valence-electron chi connectivity index (χ4n) is 2.61. The van der Waals surface area contributed by atoms with E-state index in [1.165, 1.54) is 9.13 Å². The van der Waals surface area contributed by atoms with Crippen molar-refractivity contribution in [2.75, 3.05) is 18.1 Å². The van der Waals surface area contributed by atoms with Gasteiger partial charge in [0.05, 0.1) is 12.5 Å². The largest absolute Gasteiger partial charge is 0.466 e. The molecule has 114 valence electrons. The Morgan fingerprint density at radius 1 is 1.43 bits per heavy atom. The Kier molecular flexibility index (Phi) is 5.24. The van der Waals surface area contributed by atoms with Crippen molar-refractivity contribution in [2.45, 2.75) is 33.6 Å². The van der Waals surface area contributed by atoms with Gasteiger partial charge in [0.25, 0.3) is 0 Å². The predicted molar refractivity (Wildman–Crippen MR) is 90.4 cm³/mol. The van der Waals surface area contributed by atoms with Crippen LogP contribution in [-0.2, 0) is 20.7 Å². The first kappa shape index (κ1) is 16.3.